The highest BCUT2D eigenvalue weighted by Crippen LogP contribution is 2.42. The van der Waals surface area contributed by atoms with Crippen LogP contribution in [0, 0.1) is 6.92 Å². The largest absolute Gasteiger partial charge is 0.322 e. The van der Waals surface area contributed by atoms with Gasteiger partial charge in [0.05, 0.1) is 5.41 Å². The van der Waals surface area contributed by atoms with Crippen LogP contribution in [0.4, 0.5) is 0 Å². The lowest BCUT2D eigenvalue weighted by Gasteiger charge is -2.33. The molecule has 1 N–H and O–H groups in total. The molecule has 35 heavy (non-hydrogen) atoms. The van der Waals surface area contributed by atoms with E-state index in [0.29, 0.717) is 0 Å². The Morgan fingerprint density at radius 2 is 1.77 bits per heavy atom. The molecule has 1 unspecified atom stereocenters. The number of benzene rings is 3. The van der Waals surface area contributed by atoms with Crippen molar-refractivity contribution in [3.63, 3.8) is 0 Å². The van der Waals surface area contributed by atoms with Gasteiger partial charge in [-0.1, -0.05) is 60.7 Å². The van der Waals surface area contributed by atoms with Crippen molar-refractivity contribution in [2.24, 2.45) is 0 Å². The monoisotopic (exact) mass is 454 g/mol. The summed E-state index contributed by atoms with van der Waals surface area (Å²) in [4.78, 5) is 20.1. The van der Waals surface area contributed by atoms with Gasteiger partial charge in [0.15, 0.2) is 0 Å². The SMILES string of the molecule is C=CC1(c2cccnc2)c2ccc(C)c(c2)CCc2cccc(c2)-c2cc(=O)[nH]c3ccc1cc23. The van der Waals surface area contributed by atoms with Crippen LogP contribution in [0.2, 0.25) is 0 Å². The molecule has 1 aliphatic carbocycles. The fourth-order valence-electron chi connectivity index (χ4n) is 5.55. The molecular weight excluding hydrogens is 428 g/mol. The van der Waals surface area contributed by atoms with Crippen molar-refractivity contribution in [1.29, 1.82) is 0 Å². The van der Waals surface area contributed by atoms with Crippen LogP contribution in [0.15, 0.2) is 109 Å². The van der Waals surface area contributed by atoms with E-state index >= 15 is 0 Å². The molecule has 6 bridgehead atoms. The van der Waals surface area contributed by atoms with E-state index in [1.807, 2.05) is 24.4 Å². The van der Waals surface area contributed by atoms with Crippen LogP contribution in [-0.4, -0.2) is 9.97 Å². The number of allylic oxidation sites excluding steroid dienone is 1. The van der Waals surface area contributed by atoms with Crippen molar-refractivity contribution >= 4 is 10.9 Å². The molecule has 2 aromatic heterocycles. The minimum Gasteiger partial charge on any atom is -0.322 e. The molecule has 0 amide bonds. The van der Waals surface area contributed by atoms with Crippen molar-refractivity contribution < 1.29 is 0 Å². The standard InChI is InChI=1S/C32H26N2O/c1-3-32(27-8-5-15-33-20-27)25-12-9-21(2)23(17-25)11-10-22-6-4-7-24(16-22)28-19-31(35)34-30-14-13-26(32)18-29(28)30/h3-9,12-20H,1,10-11H2,2H3,(H,34,35). The summed E-state index contributed by atoms with van der Waals surface area (Å²) in [5.74, 6) is 0. The fourth-order valence-corrected chi connectivity index (χ4v) is 5.55. The Morgan fingerprint density at radius 1 is 0.914 bits per heavy atom. The first-order chi connectivity index (χ1) is 17.1. The average molecular weight is 455 g/mol. The Morgan fingerprint density at radius 3 is 2.60 bits per heavy atom. The van der Waals surface area contributed by atoms with Gasteiger partial charge in [0.1, 0.15) is 0 Å². The number of hydrogen-bond acceptors (Lipinski definition) is 2. The maximum atomic E-state index is 12.6. The molecule has 0 radical (unpaired) electrons. The number of hydrogen-bond donors (Lipinski definition) is 1. The Hall–Kier alpha value is -4.24. The molecule has 3 aromatic carbocycles. The van der Waals surface area contributed by atoms with Crippen LogP contribution in [0.5, 0.6) is 0 Å². The number of aryl methyl sites for hydroxylation is 3. The highest BCUT2D eigenvalue weighted by Gasteiger charge is 2.34. The van der Waals surface area contributed by atoms with E-state index in [0.717, 1.165) is 51.6 Å². The average Bonchev–Trinajstić information content (AvgIpc) is 2.89. The highest BCUT2D eigenvalue weighted by molar-refractivity contribution is 5.95. The fraction of sp³-hybridized carbons (Fsp3) is 0.125. The highest BCUT2D eigenvalue weighted by atomic mass is 16.1. The molecule has 1 atom stereocenters. The number of rotatable bonds is 2. The number of aromatic nitrogens is 2. The molecule has 3 nitrogen and oxygen atoms in total. The zero-order valence-electron chi connectivity index (χ0n) is 19.7. The first-order valence-corrected chi connectivity index (χ1v) is 12.0. The van der Waals surface area contributed by atoms with Crippen LogP contribution in [0.3, 0.4) is 0 Å². The molecule has 0 spiro atoms. The quantitative estimate of drug-likeness (QED) is 0.309. The van der Waals surface area contributed by atoms with Gasteiger partial charge in [0.2, 0.25) is 5.56 Å². The summed E-state index contributed by atoms with van der Waals surface area (Å²) in [5.41, 5.74) is 9.33. The second kappa shape index (κ2) is 8.21. The predicted molar refractivity (Wildman–Crippen MR) is 143 cm³/mol. The van der Waals surface area contributed by atoms with Crippen molar-refractivity contribution in [2.45, 2.75) is 25.2 Å². The third kappa shape index (κ3) is 3.43. The van der Waals surface area contributed by atoms with Gasteiger partial charge in [-0.25, -0.2) is 0 Å². The van der Waals surface area contributed by atoms with E-state index in [2.05, 4.69) is 84.1 Å². The third-order valence-electron chi connectivity index (χ3n) is 7.45. The molecule has 6 rings (SSSR count). The van der Waals surface area contributed by atoms with E-state index in [1.165, 1.54) is 16.7 Å². The molecule has 5 aromatic rings. The van der Waals surface area contributed by atoms with Gasteiger partial charge in [0.25, 0.3) is 0 Å². The Labute approximate surface area is 204 Å². The van der Waals surface area contributed by atoms with E-state index in [1.54, 1.807) is 12.3 Å². The Balaban J connectivity index is 1.77. The molecule has 0 saturated heterocycles. The second-order valence-electron chi connectivity index (χ2n) is 9.40. The van der Waals surface area contributed by atoms with Crippen molar-refractivity contribution in [2.75, 3.05) is 0 Å². The minimum atomic E-state index is -0.592. The lowest BCUT2D eigenvalue weighted by atomic mass is 9.69. The smallest absolute Gasteiger partial charge is 0.249 e. The van der Waals surface area contributed by atoms with Gasteiger partial charge in [-0.3, -0.25) is 9.78 Å². The van der Waals surface area contributed by atoms with Crippen molar-refractivity contribution in [3.8, 4) is 11.1 Å². The number of nitrogens with one attached hydrogen (secondary N) is 1. The van der Waals surface area contributed by atoms with Crippen molar-refractivity contribution in [3.05, 3.63) is 148 Å². The van der Waals surface area contributed by atoms with Crippen LogP contribution < -0.4 is 5.56 Å². The summed E-state index contributed by atoms with van der Waals surface area (Å²) in [6.07, 6.45) is 7.63. The number of nitrogens with zero attached hydrogens (tertiary/aromatic N) is 1. The summed E-state index contributed by atoms with van der Waals surface area (Å²) in [5, 5.41) is 1.01. The van der Waals surface area contributed by atoms with E-state index in [-0.39, 0.29) is 5.56 Å². The van der Waals surface area contributed by atoms with Crippen LogP contribution in [0.25, 0.3) is 22.0 Å². The zero-order chi connectivity index (χ0) is 24.0. The van der Waals surface area contributed by atoms with Gasteiger partial charge < -0.3 is 4.98 Å². The van der Waals surface area contributed by atoms with Crippen LogP contribution in [0.1, 0.15) is 33.4 Å². The Bertz CT molecular complexity index is 1650. The summed E-state index contributed by atoms with van der Waals surface area (Å²) in [6, 6.07) is 27.5. The maximum absolute atomic E-state index is 12.6. The number of aromatic amines is 1. The summed E-state index contributed by atoms with van der Waals surface area (Å²) in [6.45, 7) is 6.53. The van der Waals surface area contributed by atoms with E-state index in [9.17, 15) is 4.79 Å². The molecule has 2 heterocycles. The van der Waals surface area contributed by atoms with E-state index in [4.69, 9.17) is 0 Å². The Kier molecular flexibility index (Phi) is 5.00. The first kappa shape index (κ1) is 21.3. The molecule has 170 valence electrons. The van der Waals surface area contributed by atoms with Gasteiger partial charge in [-0.2, -0.15) is 0 Å². The lowest BCUT2D eigenvalue weighted by molar-refractivity contribution is 0.771. The van der Waals surface area contributed by atoms with Gasteiger partial charge in [-0.05, 0) is 82.5 Å². The molecule has 0 aliphatic heterocycles. The number of H-pyrrole nitrogens is 1. The molecule has 0 saturated carbocycles. The topological polar surface area (TPSA) is 45.8 Å². The summed E-state index contributed by atoms with van der Waals surface area (Å²) >= 11 is 0. The van der Waals surface area contributed by atoms with Gasteiger partial charge in [0, 0.05) is 29.4 Å². The second-order valence-corrected chi connectivity index (χ2v) is 9.40. The molecule has 3 heteroatoms. The summed E-state index contributed by atoms with van der Waals surface area (Å²) in [7, 11) is 0. The normalized spacial score (nSPS) is 16.8. The van der Waals surface area contributed by atoms with Gasteiger partial charge in [-0.15, -0.1) is 6.58 Å². The zero-order valence-corrected chi connectivity index (χ0v) is 19.7. The number of fused-ring (bicyclic) bond motifs is 6. The van der Waals surface area contributed by atoms with Crippen LogP contribution in [-0.2, 0) is 18.3 Å². The summed E-state index contributed by atoms with van der Waals surface area (Å²) < 4.78 is 0. The van der Waals surface area contributed by atoms with E-state index < -0.39 is 5.41 Å². The lowest BCUT2D eigenvalue weighted by Crippen LogP contribution is -2.27. The number of pyridine rings is 2. The minimum absolute atomic E-state index is 0.0977. The maximum Gasteiger partial charge on any atom is 0.249 e. The van der Waals surface area contributed by atoms with Crippen molar-refractivity contribution in [1.82, 2.24) is 9.97 Å². The molecule has 1 aliphatic rings. The molecular formula is C32H26N2O. The predicted octanol–water partition coefficient (Wildman–Crippen LogP) is 6.52. The molecule has 0 fully saturated rings. The third-order valence-corrected chi connectivity index (χ3v) is 7.45. The van der Waals surface area contributed by atoms with Crippen LogP contribution >= 0.6 is 0 Å². The first-order valence-electron chi connectivity index (χ1n) is 12.0. The van der Waals surface area contributed by atoms with Gasteiger partial charge >= 0.3 is 0 Å².